The van der Waals surface area contributed by atoms with Crippen LogP contribution in [0.2, 0.25) is 0 Å². The highest BCUT2D eigenvalue weighted by Gasteiger charge is 2.40. The van der Waals surface area contributed by atoms with Crippen LogP contribution in [0.15, 0.2) is 66.0 Å². The molecule has 2 aromatic carbocycles. The highest BCUT2D eigenvalue weighted by molar-refractivity contribution is 7.10. The molecule has 3 aromatic rings. The van der Waals surface area contributed by atoms with Crippen molar-refractivity contribution in [3.63, 3.8) is 0 Å². The van der Waals surface area contributed by atoms with Gasteiger partial charge in [-0.1, -0.05) is 24.3 Å². The summed E-state index contributed by atoms with van der Waals surface area (Å²) in [5.74, 6) is -1.04. The molecule has 0 amide bonds. The van der Waals surface area contributed by atoms with Crippen molar-refractivity contribution in [1.82, 2.24) is 0 Å². The van der Waals surface area contributed by atoms with Gasteiger partial charge in [-0.05, 0) is 55.6 Å². The van der Waals surface area contributed by atoms with Gasteiger partial charge >= 0.3 is 0 Å². The zero-order valence-electron chi connectivity index (χ0n) is 16.3. The normalized spacial score (nSPS) is 21.8. The van der Waals surface area contributed by atoms with Crippen LogP contribution in [0.1, 0.15) is 36.1 Å². The van der Waals surface area contributed by atoms with E-state index in [4.69, 9.17) is 19.6 Å². The standard InChI is InChI=1S/C22H23NO5S/c1-3-23(18-8-5-4-6-9-18)15-16-14-17(11-12-19(16)24)22(2)27-25-21(26-28-22)20-10-7-13-29-20/h4-14,21,24H,3,15H2,1-2H3. The SMILES string of the molecule is CCN(Cc1cc(C2(C)OOC(c3cccs3)OO2)ccc1O)c1ccccc1. The Morgan fingerprint density at radius 2 is 1.79 bits per heavy atom. The lowest BCUT2D eigenvalue weighted by Gasteiger charge is -2.34. The number of thiophene rings is 1. The highest BCUT2D eigenvalue weighted by Crippen LogP contribution is 2.39. The molecule has 1 fully saturated rings. The molecule has 1 saturated heterocycles. The van der Waals surface area contributed by atoms with Crippen molar-refractivity contribution in [1.29, 1.82) is 0 Å². The zero-order chi connectivity index (χ0) is 20.3. The van der Waals surface area contributed by atoms with Crippen LogP contribution >= 0.6 is 11.3 Å². The van der Waals surface area contributed by atoms with E-state index < -0.39 is 12.1 Å². The Balaban J connectivity index is 1.52. The largest absolute Gasteiger partial charge is 0.508 e. The quantitative estimate of drug-likeness (QED) is 0.556. The molecule has 6 nitrogen and oxygen atoms in total. The van der Waals surface area contributed by atoms with Crippen LogP contribution in [0.3, 0.4) is 0 Å². The summed E-state index contributed by atoms with van der Waals surface area (Å²) in [6, 6.07) is 19.1. The third-order valence-corrected chi connectivity index (χ3v) is 5.73. The van der Waals surface area contributed by atoms with E-state index in [2.05, 4.69) is 11.8 Å². The maximum Gasteiger partial charge on any atom is 0.258 e. The van der Waals surface area contributed by atoms with E-state index in [0.717, 1.165) is 22.7 Å². The number of benzene rings is 2. The van der Waals surface area contributed by atoms with E-state index in [1.807, 2.05) is 53.9 Å². The molecule has 0 bridgehead atoms. The van der Waals surface area contributed by atoms with Crippen molar-refractivity contribution in [2.75, 3.05) is 11.4 Å². The van der Waals surface area contributed by atoms with E-state index in [1.54, 1.807) is 19.1 Å². The lowest BCUT2D eigenvalue weighted by atomic mass is 10.0. The molecule has 0 saturated carbocycles. The third kappa shape index (κ3) is 4.29. The van der Waals surface area contributed by atoms with Crippen LogP contribution in [-0.2, 0) is 31.9 Å². The molecular weight excluding hydrogens is 390 g/mol. The summed E-state index contributed by atoms with van der Waals surface area (Å²) in [4.78, 5) is 25.0. The number of anilines is 1. The van der Waals surface area contributed by atoms with E-state index in [1.165, 1.54) is 11.3 Å². The fraction of sp³-hybridized carbons (Fsp3) is 0.273. The molecule has 7 heteroatoms. The molecule has 0 atom stereocenters. The molecule has 29 heavy (non-hydrogen) atoms. The van der Waals surface area contributed by atoms with Gasteiger partial charge in [0, 0.05) is 29.9 Å². The summed E-state index contributed by atoms with van der Waals surface area (Å²) in [7, 11) is 0. The molecule has 0 aliphatic carbocycles. The second kappa shape index (κ2) is 8.52. The predicted molar refractivity (Wildman–Crippen MR) is 110 cm³/mol. The van der Waals surface area contributed by atoms with E-state index in [-0.39, 0.29) is 5.75 Å². The lowest BCUT2D eigenvalue weighted by molar-refractivity contribution is -0.633. The second-order valence-electron chi connectivity index (χ2n) is 6.85. The van der Waals surface area contributed by atoms with Crippen LogP contribution in [0, 0.1) is 0 Å². The van der Waals surface area contributed by atoms with Gasteiger partial charge in [-0.2, -0.15) is 19.6 Å². The molecule has 2 heterocycles. The molecule has 152 valence electrons. The number of rotatable bonds is 6. The van der Waals surface area contributed by atoms with E-state index in [0.29, 0.717) is 12.1 Å². The number of para-hydroxylation sites is 1. The van der Waals surface area contributed by atoms with Crippen molar-refractivity contribution in [2.45, 2.75) is 32.5 Å². The summed E-state index contributed by atoms with van der Waals surface area (Å²) in [6.07, 6.45) is -0.728. The van der Waals surface area contributed by atoms with Crippen LogP contribution < -0.4 is 4.90 Å². The van der Waals surface area contributed by atoms with Crippen LogP contribution in [0.4, 0.5) is 5.69 Å². The number of nitrogens with zero attached hydrogens (tertiary/aromatic N) is 1. The minimum absolute atomic E-state index is 0.209. The van der Waals surface area contributed by atoms with Gasteiger partial charge in [0.1, 0.15) is 5.75 Å². The van der Waals surface area contributed by atoms with Gasteiger partial charge in [-0.3, -0.25) is 0 Å². The van der Waals surface area contributed by atoms with E-state index >= 15 is 0 Å². The maximum atomic E-state index is 10.4. The smallest absolute Gasteiger partial charge is 0.258 e. The van der Waals surface area contributed by atoms with Crippen molar-refractivity contribution < 1.29 is 24.7 Å². The average Bonchev–Trinajstić information content (AvgIpc) is 3.29. The number of hydrogen-bond acceptors (Lipinski definition) is 7. The van der Waals surface area contributed by atoms with Crippen LogP contribution in [0.5, 0.6) is 5.75 Å². The molecule has 1 aliphatic rings. The molecule has 0 radical (unpaired) electrons. The molecule has 4 rings (SSSR count). The van der Waals surface area contributed by atoms with Gasteiger partial charge in [-0.15, -0.1) is 11.3 Å². The molecule has 1 aliphatic heterocycles. The number of phenolic OH excluding ortho intramolecular Hbond substituents is 1. The molecular formula is C22H23NO5S. The predicted octanol–water partition coefficient (Wildman–Crippen LogP) is 5.26. The molecule has 0 unspecified atom stereocenters. The van der Waals surface area contributed by atoms with Crippen LogP contribution in [-0.4, -0.2) is 11.7 Å². The third-order valence-electron chi connectivity index (χ3n) is 4.83. The Bertz CT molecular complexity index is 924. The Morgan fingerprint density at radius 3 is 2.45 bits per heavy atom. The van der Waals surface area contributed by atoms with Crippen molar-refractivity contribution in [3.05, 3.63) is 82.0 Å². The first kappa shape index (κ1) is 19.9. The summed E-state index contributed by atoms with van der Waals surface area (Å²) >= 11 is 1.49. The van der Waals surface area contributed by atoms with Crippen molar-refractivity contribution in [3.8, 4) is 5.75 Å². The minimum Gasteiger partial charge on any atom is -0.508 e. The second-order valence-corrected chi connectivity index (χ2v) is 7.82. The fourth-order valence-corrected chi connectivity index (χ4v) is 3.80. The Labute approximate surface area is 173 Å². The zero-order valence-corrected chi connectivity index (χ0v) is 17.1. The molecule has 1 N–H and O–H groups in total. The minimum atomic E-state index is -1.25. The van der Waals surface area contributed by atoms with Gasteiger partial charge in [0.15, 0.2) is 0 Å². The summed E-state index contributed by atoms with van der Waals surface area (Å²) in [5, 5.41) is 12.3. The van der Waals surface area contributed by atoms with Crippen molar-refractivity contribution >= 4 is 17.0 Å². The average molecular weight is 413 g/mol. The van der Waals surface area contributed by atoms with Crippen LogP contribution in [0.25, 0.3) is 0 Å². The fourth-order valence-electron chi connectivity index (χ4n) is 3.14. The van der Waals surface area contributed by atoms with Crippen molar-refractivity contribution in [2.24, 2.45) is 0 Å². The topological polar surface area (TPSA) is 60.4 Å². The lowest BCUT2D eigenvalue weighted by Crippen LogP contribution is -2.36. The first-order valence-electron chi connectivity index (χ1n) is 9.44. The maximum absolute atomic E-state index is 10.4. The van der Waals surface area contributed by atoms with Gasteiger partial charge in [0.2, 0.25) is 0 Å². The van der Waals surface area contributed by atoms with E-state index in [9.17, 15) is 5.11 Å². The van der Waals surface area contributed by atoms with Gasteiger partial charge < -0.3 is 10.0 Å². The summed E-state index contributed by atoms with van der Waals surface area (Å²) in [5.41, 5.74) is 2.52. The first-order chi connectivity index (χ1) is 14.1. The van der Waals surface area contributed by atoms with Gasteiger partial charge in [-0.25, -0.2) is 0 Å². The number of phenols is 1. The monoisotopic (exact) mass is 413 g/mol. The number of aromatic hydroxyl groups is 1. The van der Waals surface area contributed by atoms with Gasteiger partial charge in [0.05, 0.1) is 4.88 Å². The summed E-state index contributed by atoms with van der Waals surface area (Å²) < 4.78 is 0. The van der Waals surface area contributed by atoms with Gasteiger partial charge in [0.25, 0.3) is 12.1 Å². The molecule has 0 spiro atoms. The highest BCUT2D eigenvalue weighted by atomic mass is 32.1. The molecule has 1 aromatic heterocycles. The first-order valence-corrected chi connectivity index (χ1v) is 10.3. The number of hydrogen-bond donors (Lipinski definition) is 1. The summed E-state index contributed by atoms with van der Waals surface area (Å²) in [6.45, 7) is 5.13. The Kier molecular flexibility index (Phi) is 5.84. The Morgan fingerprint density at radius 1 is 1.03 bits per heavy atom. The Hall–Kier alpha value is -2.42.